The molecule has 4 aromatic rings. The Kier molecular flexibility index (Phi) is 8.66. The van der Waals surface area contributed by atoms with Crippen LogP contribution < -0.4 is 25.4 Å². The summed E-state index contributed by atoms with van der Waals surface area (Å²) in [6.45, 7) is 0. The van der Waals surface area contributed by atoms with E-state index >= 15 is 0 Å². The number of pyridine rings is 1. The van der Waals surface area contributed by atoms with Gasteiger partial charge < -0.3 is 25.4 Å². The minimum atomic E-state index is -4.74. The van der Waals surface area contributed by atoms with Crippen molar-refractivity contribution >= 4 is 52.2 Å². The SMILES string of the molecule is COc1cc(Cl)c(C(F)(F)F)cc1NC(=O)Nc1ccc(Oc2cccc(C(=O)Nc3cccnc3)c2)cc1Cl. The van der Waals surface area contributed by atoms with Crippen molar-refractivity contribution in [3.8, 4) is 17.2 Å². The minimum absolute atomic E-state index is 0.0701. The van der Waals surface area contributed by atoms with Gasteiger partial charge in [-0.25, -0.2) is 4.79 Å². The molecule has 13 heteroatoms. The van der Waals surface area contributed by atoms with Gasteiger partial charge in [0, 0.05) is 23.9 Å². The number of amides is 3. The molecule has 0 radical (unpaired) electrons. The lowest BCUT2D eigenvalue weighted by Gasteiger charge is -2.16. The zero-order valence-corrected chi connectivity index (χ0v) is 22.0. The van der Waals surface area contributed by atoms with Crippen molar-refractivity contribution in [2.24, 2.45) is 0 Å². The molecule has 8 nitrogen and oxygen atoms in total. The molecule has 0 fully saturated rings. The van der Waals surface area contributed by atoms with Crippen molar-refractivity contribution in [1.29, 1.82) is 0 Å². The van der Waals surface area contributed by atoms with Gasteiger partial charge in [-0.15, -0.1) is 0 Å². The molecule has 206 valence electrons. The third-order valence-corrected chi connectivity index (χ3v) is 5.91. The van der Waals surface area contributed by atoms with Gasteiger partial charge in [0.2, 0.25) is 0 Å². The Morgan fingerprint density at radius 3 is 2.27 bits per heavy atom. The Bertz CT molecular complexity index is 1550. The quantitative estimate of drug-likeness (QED) is 0.202. The highest BCUT2D eigenvalue weighted by Gasteiger charge is 2.34. The monoisotopic (exact) mass is 590 g/mol. The molecular weight excluding hydrogens is 572 g/mol. The number of ether oxygens (including phenoxy) is 2. The predicted molar refractivity (Wildman–Crippen MR) is 146 cm³/mol. The number of methoxy groups -OCH3 is 1. The second kappa shape index (κ2) is 12.1. The molecule has 1 heterocycles. The van der Waals surface area contributed by atoms with E-state index in [1.807, 2.05) is 0 Å². The number of alkyl halides is 3. The van der Waals surface area contributed by atoms with Crippen molar-refractivity contribution < 1.29 is 32.2 Å². The standard InChI is InChI=1S/C27H19Cl2F3N4O4/c1-39-24-13-20(28)19(27(30,31)32)12-23(24)36-26(38)35-22-8-7-18(11-21(22)29)40-17-6-2-4-15(10-17)25(37)34-16-5-3-9-33-14-16/h2-14H,1H3,(H,34,37)(H2,35,36,38). The van der Waals surface area contributed by atoms with Crippen molar-refractivity contribution in [2.75, 3.05) is 23.1 Å². The molecule has 3 aromatic carbocycles. The highest BCUT2D eigenvalue weighted by Crippen LogP contribution is 2.40. The summed E-state index contributed by atoms with van der Waals surface area (Å²) in [5, 5.41) is 6.99. The summed E-state index contributed by atoms with van der Waals surface area (Å²) < 4.78 is 50.6. The lowest BCUT2D eigenvalue weighted by atomic mass is 10.1. The number of benzene rings is 3. The first-order valence-corrected chi connectivity index (χ1v) is 12.1. The molecule has 0 saturated heterocycles. The van der Waals surface area contributed by atoms with E-state index < -0.39 is 22.8 Å². The van der Waals surface area contributed by atoms with Crippen LogP contribution in [0, 0.1) is 0 Å². The molecule has 0 bridgehead atoms. The fourth-order valence-corrected chi connectivity index (χ4v) is 3.93. The summed E-state index contributed by atoms with van der Waals surface area (Å²) in [5.74, 6) is 0.222. The first-order valence-electron chi connectivity index (χ1n) is 11.3. The molecule has 0 saturated carbocycles. The molecule has 0 aliphatic rings. The van der Waals surface area contributed by atoms with E-state index in [9.17, 15) is 22.8 Å². The molecule has 0 unspecified atom stereocenters. The van der Waals surface area contributed by atoms with Gasteiger partial charge in [0.25, 0.3) is 5.91 Å². The minimum Gasteiger partial charge on any atom is -0.495 e. The van der Waals surface area contributed by atoms with Crippen molar-refractivity contribution in [1.82, 2.24) is 4.98 Å². The largest absolute Gasteiger partial charge is 0.495 e. The molecular formula is C27H19Cl2F3N4O4. The second-order valence-corrected chi connectivity index (χ2v) is 8.89. The topological polar surface area (TPSA) is 102 Å². The smallest absolute Gasteiger partial charge is 0.417 e. The first-order chi connectivity index (χ1) is 19.0. The van der Waals surface area contributed by atoms with Gasteiger partial charge in [-0.1, -0.05) is 29.3 Å². The van der Waals surface area contributed by atoms with Gasteiger partial charge >= 0.3 is 12.2 Å². The number of anilines is 3. The highest BCUT2D eigenvalue weighted by molar-refractivity contribution is 6.34. The van der Waals surface area contributed by atoms with E-state index in [4.69, 9.17) is 32.7 Å². The number of urea groups is 1. The van der Waals surface area contributed by atoms with E-state index in [2.05, 4.69) is 20.9 Å². The molecule has 3 N–H and O–H groups in total. The third kappa shape index (κ3) is 7.13. The number of halogens is 5. The second-order valence-electron chi connectivity index (χ2n) is 8.08. The number of carbonyl (C=O) groups is 2. The van der Waals surface area contributed by atoms with Crippen LogP contribution in [0.5, 0.6) is 17.2 Å². The van der Waals surface area contributed by atoms with Crippen LogP contribution in [-0.2, 0) is 6.18 Å². The van der Waals surface area contributed by atoms with Crippen molar-refractivity contribution in [3.63, 3.8) is 0 Å². The van der Waals surface area contributed by atoms with Crippen LogP contribution in [0.2, 0.25) is 10.0 Å². The van der Waals surface area contributed by atoms with E-state index in [-0.39, 0.29) is 28.1 Å². The maximum absolute atomic E-state index is 13.2. The predicted octanol–water partition coefficient (Wildman–Crippen LogP) is 8.10. The third-order valence-electron chi connectivity index (χ3n) is 5.28. The average molecular weight is 591 g/mol. The maximum atomic E-state index is 13.2. The van der Waals surface area contributed by atoms with Gasteiger partial charge in [-0.3, -0.25) is 9.78 Å². The van der Waals surface area contributed by atoms with Gasteiger partial charge in [0.05, 0.1) is 46.0 Å². The lowest BCUT2D eigenvalue weighted by molar-refractivity contribution is -0.137. The fraction of sp³-hybridized carbons (Fsp3) is 0.0741. The Morgan fingerprint density at radius 2 is 1.60 bits per heavy atom. The van der Waals surface area contributed by atoms with E-state index in [0.29, 0.717) is 28.8 Å². The number of nitrogens with zero attached hydrogens (tertiary/aromatic N) is 1. The first kappa shape index (κ1) is 28.5. The fourth-order valence-electron chi connectivity index (χ4n) is 3.45. The Balaban J connectivity index is 1.43. The summed E-state index contributed by atoms with van der Waals surface area (Å²) >= 11 is 12.0. The number of nitrogens with one attached hydrogen (secondary N) is 3. The van der Waals surface area contributed by atoms with E-state index in [1.54, 1.807) is 36.5 Å². The maximum Gasteiger partial charge on any atom is 0.417 e. The molecule has 1 aromatic heterocycles. The normalized spacial score (nSPS) is 10.9. The Hall–Kier alpha value is -4.48. The summed E-state index contributed by atoms with van der Waals surface area (Å²) in [6, 6.07) is 15.0. The van der Waals surface area contributed by atoms with Crippen LogP contribution in [0.25, 0.3) is 0 Å². The average Bonchev–Trinajstić information content (AvgIpc) is 2.91. The molecule has 0 spiro atoms. The van der Waals surface area contributed by atoms with E-state index in [1.165, 1.54) is 37.6 Å². The molecule has 3 amide bonds. The summed E-state index contributed by atoms with van der Waals surface area (Å²) in [7, 11) is 1.22. The highest BCUT2D eigenvalue weighted by atomic mass is 35.5. The van der Waals surface area contributed by atoms with Gasteiger partial charge in [0.1, 0.15) is 17.2 Å². The summed E-state index contributed by atoms with van der Waals surface area (Å²) in [5.41, 5.74) is -0.356. The molecule has 40 heavy (non-hydrogen) atoms. The van der Waals surface area contributed by atoms with Crippen LogP contribution in [0.1, 0.15) is 15.9 Å². The van der Waals surface area contributed by atoms with Crippen LogP contribution in [0.4, 0.5) is 35.0 Å². The van der Waals surface area contributed by atoms with Gasteiger partial charge in [-0.2, -0.15) is 13.2 Å². The Labute approximate surface area is 236 Å². The lowest BCUT2D eigenvalue weighted by Crippen LogP contribution is -2.20. The van der Waals surface area contributed by atoms with Crippen LogP contribution in [0.3, 0.4) is 0 Å². The number of rotatable bonds is 7. The van der Waals surface area contributed by atoms with Crippen molar-refractivity contribution in [2.45, 2.75) is 6.18 Å². The molecule has 4 rings (SSSR count). The van der Waals surface area contributed by atoms with Crippen LogP contribution in [-0.4, -0.2) is 24.0 Å². The van der Waals surface area contributed by atoms with Gasteiger partial charge in [0.15, 0.2) is 0 Å². The number of carbonyl (C=O) groups excluding carboxylic acids is 2. The summed E-state index contributed by atoms with van der Waals surface area (Å²) in [4.78, 5) is 29.0. The number of hydrogen-bond acceptors (Lipinski definition) is 5. The molecule has 0 aliphatic carbocycles. The van der Waals surface area contributed by atoms with Crippen LogP contribution >= 0.6 is 23.2 Å². The summed E-state index contributed by atoms with van der Waals surface area (Å²) in [6.07, 6.45) is -1.63. The molecule has 0 atom stereocenters. The van der Waals surface area contributed by atoms with Crippen LogP contribution in [0.15, 0.2) is 79.1 Å². The Morgan fingerprint density at radius 1 is 0.850 bits per heavy atom. The van der Waals surface area contributed by atoms with Crippen molar-refractivity contribution in [3.05, 3.63) is 100 Å². The molecule has 0 aliphatic heterocycles. The zero-order valence-electron chi connectivity index (χ0n) is 20.5. The van der Waals surface area contributed by atoms with E-state index in [0.717, 1.165) is 6.07 Å². The zero-order chi connectivity index (χ0) is 28.9. The van der Waals surface area contributed by atoms with Gasteiger partial charge in [-0.05, 0) is 48.5 Å². The number of aromatic nitrogens is 1. The number of hydrogen-bond donors (Lipinski definition) is 3.